The Labute approximate surface area is 162 Å². The van der Waals surface area contributed by atoms with Gasteiger partial charge < -0.3 is 14.4 Å². The number of sulfonamides is 1. The zero-order valence-electron chi connectivity index (χ0n) is 16.3. The highest BCUT2D eigenvalue weighted by atomic mass is 32.2. The van der Waals surface area contributed by atoms with Crippen molar-refractivity contribution < 1.29 is 17.9 Å². The van der Waals surface area contributed by atoms with Crippen molar-refractivity contribution in [1.29, 1.82) is 0 Å². The summed E-state index contributed by atoms with van der Waals surface area (Å²) in [5.41, 5.74) is 2.19. The first kappa shape index (κ1) is 21.2. The van der Waals surface area contributed by atoms with Gasteiger partial charge in [-0.3, -0.25) is 0 Å². The summed E-state index contributed by atoms with van der Waals surface area (Å²) in [5, 5.41) is 0. The van der Waals surface area contributed by atoms with Crippen LogP contribution in [0.25, 0.3) is 0 Å². The molecular weight excluding hydrogens is 364 g/mol. The molecule has 0 aliphatic carbocycles. The van der Waals surface area contributed by atoms with Gasteiger partial charge in [-0.25, -0.2) is 13.1 Å². The second-order valence-corrected chi connectivity index (χ2v) is 8.31. The highest BCUT2D eigenvalue weighted by Crippen LogP contribution is 2.17. The van der Waals surface area contributed by atoms with Crippen molar-refractivity contribution in [2.24, 2.45) is 0 Å². The third-order valence-electron chi connectivity index (χ3n) is 4.04. The molecule has 0 bridgehead atoms. The fourth-order valence-electron chi connectivity index (χ4n) is 2.62. The average molecular weight is 393 g/mol. The van der Waals surface area contributed by atoms with Crippen LogP contribution in [0.4, 0.5) is 5.69 Å². The van der Waals surface area contributed by atoms with Gasteiger partial charge in [0.1, 0.15) is 12.4 Å². The highest BCUT2D eigenvalue weighted by molar-refractivity contribution is 7.89. The van der Waals surface area contributed by atoms with Crippen LogP contribution in [0.3, 0.4) is 0 Å². The number of nitrogens with zero attached hydrogens (tertiary/aromatic N) is 1. The number of rotatable bonds is 10. The predicted octanol–water partition coefficient (Wildman–Crippen LogP) is 2.69. The van der Waals surface area contributed by atoms with Gasteiger partial charge in [-0.2, -0.15) is 0 Å². The number of hydrogen-bond donors (Lipinski definition) is 1. The third-order valence-corrected chi connectivity index (χ3v) is 5.65. The second-order valence-electron chi connectivity index (χ2n) is 6.60. The van der Waals surface area contributed by atoms with Crippen LogP contribution in [-0.4, -0.2) is 48.9 Å². The van der Waals surface area contributed by atoms with Crippen molar-refractivity contribution in [3.63, 3.8) is 0 Å². The molecule has 148 valence electrons. The molecular formula is C20H28N2O4S. The van der Waals surface area contributed by atoms with E-state index < -0.39 is 10.0 Å². The summed E-state index contributed by atoms with van der Waals surface area (Å²) >= 11 is 0. The smallest absolute Gasteiger partial charge is 0.240 e. The largest absolute Gasteiger partial charge is 0.491 e. The lowest BCUT2D eigenvalue weighted by atomic mass is 10.1. The van der Waals surface area contributed by atoms with Gasteiger partial charge in [0.15, 0.2) is 0 Å². The quantitative estimate of drug-likeness (QED) is 0.630. The summed E-state index contributed by atoms with van der Waals surface area (Å²) in [5.74, 6) is 0.611. The Kier molecular flexibility index (Phi) is 7.65. The molecule has 1 N–H and O–H groups in total. The molecule has 0 heterocycles. The van der Waals surface area contributed by atoms with Gasteiger partial charge in [0, 0.05) is 32.9 Å². The zero-order chi connectivity index (χ0) is 19.9. The monoisotopic (exact) mass is 392 g/mol. The summed E-state index contributed by atoms with van der Waals surface area (Å²) in [4.78, 5) is 2.25. The van der Waals surface area contributed by atoms with E-state index in [-0.39, 0.29) is 10.9 Å². The Morgan fingerprint density at radius 2 is 1.63 bits per heavy atom. The molecule has 2 aromatic carbocycles. The Bertz CT molecular complexity index is 803. The van der Waals surface area contributed by atoms with Crippen molar-refractivity contribution >= 4 is 15.7 Å². The lowest BCUT2D eigenvalue weighted by Gasteiger charge is -2.16. The molecule has 0 saturated heterocycles. The number of benzene rings is 2. The Morgan fingerprint density at radius 1 is 1.00 bits per heavy atom. The van der Waals surface area contributed by atoms with Crippen LogP contribution in [-0.2, 0) is 21.2 Å². The Balaban J connectivity index is 1.96. The van der Waals surface area contributed by atoms with Crippen LogP contribution >= 0.6 is 0 Å². The number of ether oxygens (including phenoxy) is 2. The minimum atomic E-state index is -3.58. The molecule has 2 rings (SSSR count). The highest BCUT2D eigenvalue weighted by Gasteiger charge is 2.17. The maximum atomic E-state index is 12.6. The van der Waals surface area contributed by atoms with Crippen LogP contribution in [0.2, 0.25) is 0 Å². The SMILES string of the molecule is COCCOc1ccc(S(=O)(=O)NC(C)Cc2ccc(N(C)C)cc2)cc1. The first-order valence-corrected chi connectivity index (χ1v) is 10.3. The predicted molar refractivity (Wildman–Crippen MR) is 108 cm³/mol. The first-order chi connectivity index (χ1) is 12.8. The lowest BCUT2D eigenvalue weighted by molar-refractivity contribution is 0.146. The standard InChI is InChI=1S/C20H28N2O4S/c1-16(15-17-5-7-18(8-6-17)22(2)3)21-27(23,24)20-11-9-19(10-12-20)26-14-13-25-4/h5-12,16,21H,13-15H2,1-4H3. The van der Waals surface area contributed by atoms with Gasteiger partial charge in [0.25, 0.3) is 0 Å². The van der Waals surface area contributed by atoms with Crippen molar-refractivity contribution in [2.45, 2.75) is 24.3 Å². The van der Waals surface area contributed by atoms with Crippen molar-refractivity contribution in [3.8, 4) is 5.75 Å². The Hall–Kier alpha value is -2.09. The van der Waals surface area contributed by atoms with E-state index in [4.69, 9.17) is 9.47 Å². The molecule has 0 aliphatic heterocycles. The molecule has 6 nitrogen and oxygen atoms in total. The number of nitrogens with one attached hydrogen (secondary N) is 1. The fraction of sp³-hybridized carbons (Fsp3) is 0.400. The molecule has 0 radical (unpaired) electrons. The van der Waals surface area contributed by atoms with E-state index in [1.165, 1.54) is 0 Å². The van der Waals surface area contributed by atoms with Crippen LogP contribution in [0.1, 0.15) is 12.5 Å². The molecule has 0 amide bonds. The van der Waals surface area contributed by atoms with Crippen molar-refractivity contribution in [3.05, 3.63) is 54.1 Å². The third kappa shape index (κ3) is 6.53. The summed E-state index contributed by atoms with van der Waals surface area (Å²) in [6.07, 6.45) is 0.616. The topological polar surface area (TPSA) is 67.9 Å². The molecule has 0 fully saturated rings. The zero-order valence-corrected chi connectivity index (χ0v) is 17.1. The van der Waals surface area contributed by atoms with Crippen molar-refractivity contribution in [1.82, 2.24) is 4.72 Å². The van der Waals surface area contributed by atoms with Gasteiger partial charge in [0.05, 0.1) is 11.5 Å². The molecule has 0 spiro atoms. The van der Waals surface area contributed by atoms with Gasteiger partial charge in [-0.05, 0) is 55.3 Å². The summed E-state index contributed by atoms with van der Waals surface area (Å²) < 4.78 is 38.2. The van der Waals surface area contributed by atoms with E-state index in [2.05, 4.69) is 4.72 Å². The van der Waals surface area contributed by atoms with Crippen molar-refractivity contribution in [2.75, 3.05) is 39.3 Å². The van der Waals surface area contributed by atoms with Crippen LogP contribution in [0.5, 0.6) is 5.75 Å². The lowest BCUT2D eigenvalue weighted by Crippen LogP contribution is -2.34. The van der Waals surface area contributed by atoms with E-state index in [0.717, 1.165) is 11.3 Å². The number of methoxy groups -OCH3 is 1. The van der Waals surface area contributed by atoms with Gasteiger partial charge in [-0.1, -0.05) is 12.1 Å². The normalized spacial score (nSPS) is 12.6. The van der Waals surface area contributed by atoms with E-state index in [0.29, 0.717) is 25.4 Å². The Morgan fingerprint density at radius 3 is 2.19 bits per heavy atom. The second kappa shape index (κ2) is 9.73. The minimum absolute atomic E-state index is 0.219. The summed E-state index contributed by atoms with van der Waals surface area (Å²) in [6.45, 7) is 2.76. The van der Waals surface area contributed by atoms with Gasteiger partial charge in [-0.15, -0.1) is 0 Å². The average Bonchev–Trinajstić information content (AvgIpc) is 2.62. The molecule has 1 atom stereocenters. The molecule has 27 heavy (non-hydrogen) atoms. The van der Waals surface area contributed by atoms with E-state index in [1.54, 1.807) is 31.4 Å². The summed E-state index contributed by atoms with van der Waals surface area (Å²) in [7, 11) is 1.99. The van der Waals surface area contributed by atoms with Gasteiger partial charge in [0.2, 0.25) is 10.0 Å². The van der Waals surface area contributed by atoms with E-state index >= 15 is 0 Å². The van der Waals surface area contributed by atoms with E-state index in [1.807, 2.05) is 50.2 Å². The van der Waals surface area contributed by atoms with Crippen LogP contribution in [0.15, 0.2) is 53.4 Å². The molecule has 7 heteroatoms. The van der Waals surface area contributed by atoms with Crippen LogP contribution in [0, 0.1) is 0 Å². The first-order valence-electron chi connectivity index (χ1n) is 8.82. The molecule has 1 unspecified atom stereocenters. The molecule has 0 saturated carbocycles. The molecule has 2 aromatic rings. The maximum Gasteiger partial charge on any atom is 0.240 e. The van der Waals surface area contributed by atoms with E-state index in [9.17, 15) is 8.42 Å². The number of hydrogen-bond acceptors (Lipinski definition) is 5. The summed E-state index contributed by atoms with van der Waals surface area (Å²) in [6, 6.07) is 14.3. The minimum Gasteiger partial charge on any atom is -0.491 e. The maximum absolute atomic E-state index is 12.6. The number of anilines is 1. The molecule has 0 aliphatic rings. The molecule has 0 aromatic heterocycles. The van der Waals surface area contributed by atoms with Gasteiger partial charge >= 0.3 is 0 Å². The fourth-order valence-corrected chi connectivity index (χ4v) is 3.86. The van der Waals surface area contributed by atoms with Crippen LogP contribution < -0.4 is 14.4 Å².